The highest BCUT2D eigenvalue weighted by atomic mass is 16.1. The van der Waals surface area contributed by atoms with Crippen molar-refractivity contribution in [3.8, 4) is 11.3 Å². The first-order valence-electron chi connectivity index (χ1n) is 8.49. The molecule has 2 aromatic heterocycles. The van der Waals surface area contributed by atoms with Gasteiger partial charge in [0, 0.05) is 43.3 Å². The summed E-state index contributed by atoms with van der Waals surface area (Å²) in [4.78, 5) is 31.2. The maximum Gasteiger partial charge on any atom is 0.254 e. The van der Waals surface area contributed by atoms with Crippen LogP contribution in [0.2, 0.25) is 0 Å². The molecule has 130 valence electrons. The fraction of sp³-hybridized carbons (Fsp3) is 0.211. The number of amides is 1. The van der Waals surface area contributed by atoms with E-state index < -0.39 is 0 Å². The summed E-state index contributed by atoms with van der Waals surface area (Å²) < 4.78 is 0. The van der Waals surface area contributed by atoms with Gasteiger partial charge in [0.1, 0.15) is 6.33 Å². The maximum absolute atomic E-state index is 12.2. The minimum Gasteiger partial charge on any atom is -0.347 e. The molecule has 26 heavy (non-hydrogen) atoms. The van der Waals surface area contributed by atoms with Gasteiger partial charge in [0.05, 0.1) is 11.3 Å². The summed E-state index contributed by atoms with van der Waals surface area (Å²) in [5.74, 6) is 0.530. The number of rotatable bonds is 4. The van der Waals surface area contributed by atoms with Gasteiger partial charge in [-0.1, -0.05) is 30.3 Å². The second kappa shape index (κ2) is 7.26. The number of nitrogens with one attached hydrogen (secondary N) is 1. The van der Waals surface area contributed by atoms with Crippen LogP contribution >= 0.6 is 0 Å². The summed E-state index contributed by atoms with van der Waals surface area (Å²) >= 11 is 0. The van der Waals surface area contributed by atoms with Crippen molar-refractivity contribution in [2.75, 3.05) is 18.0 Å². The van der Waals surface area contributed by atoms with Crippen LogP contribution in [0, 0.1) is 0 Å². The highest BCUT2D eigenvalue weighted by Crippen LogP contribution is 2.21. The van der Waals surface area contributed by atoms with Gasteiger partial charge in [-0.25, -0.2) is 19.9 Å². The highest BCUT2D eigenvalue weighted by molar-refractivity contribution is 5.93. The minimum absolute atomic E-state index is 0.0479. The summed E-state index contributed by atoms with van der Waals surface area (Å²) in [5, 5.41) is 3.03. The molecule has 3 aromatic rings. The third-order valence-corrected chi connectivity index (χ3v) is 4.34. The van der Waals surface area contributed by atoms with Gasteiger partial charge in [0.2, 0.25) is 5.95 Å². The van der Waals surface area contributed by atoms with Crippen molar-refractivity contribution >= 4 is 11.9 Å². The van der Waals surface area contributed by atoms with Gasteiger partial charge in [-0.3, -0.25) is 4.79 Å². The van der Waals surface area contributed by atoms with Crippen LogP contribution in [-0.2, 0) is 0 Å². The topological polar surface area (TPSA) is 83.9 Å². The van der Waals surface area contributed by atoms with Crippen LogP contribution in [0.15, 0.2) is 61.3 Å². The third-order valence-electron chi connectivity index (χ3n) is 4.34. The Hall–Kier alpha value is -3.35. The van der Waals surface area contributed by atoms with E-state index in [1.807, 2.05) is 36.4 Å². The van der Waals surface area contributed by atoms with Crippen LogP contribution in [0.5, 0.6) is 0 Å². The molecule has 0 bridgehead atoms. The van der Waals surface area contributed by atoms with Crippen LogP contribution < -0.4 is 10.2 Å². The van der Waals surface area contributed by atoms with E-state index in [-0.39, 0.29) is 11.9 Å². The molecule has 4 rings (SSSR count). The second-order valence-electron chi connectivity index (χ2n) is 6.14. The van der Waals surface area contributed by atoms with E-state index in [2.05, 4.69) is 30.2 Å². The molecule has 1 aromatic carbocycles. The van der Waals surface area contributed by atoms with E-state index >= 15 is 0 Å². The average Bonchev–Trinajstić information content (AvgIpc) is 3.18. The normalized spacial score (nSPS) is 16.5. The molecule has 1 fully saturated rings. The standard InChI is InChI=1S/C19H18N6O/c26-18(15-10-20-13-21-11-15)23-16-7-9-25(12-16)19-22-8-6-17(24-19)14-4-2-1-3-5-14/h1-6,8,10-11,13,16H,7,9,12H2,(H,23,26). The minimum atomic E-state index is -0.156. The molecule has 0 saturated carbocycles. The summed E-state index contributed by atoms with van der Waals surface area (Å²) in [6.07, 6.45) is 7.06. The first-order chi connectivity index (χ1) is 12.8. The number of aromatic nitrogens is 4. The van der Waals surface area contributed by atoms with E-state index in [0.717, 1.165) is 24.2 Å². The zero-order valence-electron chi connectivity index (χ0n) is 14.1. The van der Waals surface area contributed by atoms with E-state index in [1.165, 1.54) is 18.7 Å². The zero-order valence-corrected chi connectivity index (χ0v) is 14.1. The molecule has 0 spiro atoms. The third kappa shape index (κ3) is 3.51. The number of anilines is 1. The van der Waals surface area contributed by atoms with Gasteiger partial charge in [-0.15, -0.1) is 0 Å². The second-order valence-corrected chi connectivity index (χ2v) is 6.14. The number of nitrogens with zero attached hydrogens (tertiary/aromatic N) is 5. The fourth-order valence-electron chi connectivity index (χ4n) is 3.02. The molecule has 1 N–H and O–H groups in total. The molecule has 0 aliphatic carbocycles. The number of hydrogen-bond donors (Lipinski definition) is 1. The molecular formula is C19H18N6O. The van der Waals surface area contributed by atoms with Crippen LogP contribution in [0.1, 0.15) is 16.8 Å². The van der Waals surface area contributed by atoms with Crippen molar-refractivity contribution in [1.29, 1.82) is 0 Å². The maximum atomic E-state index is 12.2. The van der Waals surface area contributed by atoms with Crippen molar-refractivity contribution in [3.05, 3.63) is 66.9 Å². The lowest BCUT2D eigenvalue weighted by Crippen LogP contribution is -2.37. The van der Waals surface area contributed by atoms with Gasteiger partial charge in [0.25, 0.3) is 5.91 Å². The lowest BCUT2D eigenvalue weighted by Gasteiger charge is -2.17. The van der Waals surface area contributed by atoms with E-state index in [9.17, 15) is 4.79 Å². The van der Waals surface area contributed by atoms with E-state index in [1.54, 1.807) is 6.20 Å². The van der Waals surface area contributed by atoms with E-state index in [0.29, 0.717) is 18.1 Å². The monoisotopic (exact) mass is 346 g/mol. The predicted molar refractivity (Wildman–Crippen MR) is 97.6 cm³/mol. The molecule has 1 amide bonds. The molecule has 1 unspecified atom stereocenters. The molecule has 3 heterocycles. The molecule has 1 saturated heterocycles. The lowest BCUT2D eigenvalue weighted by atomic mass is 10.1. The zero-order chi connectivity index (χ0) is 17.8. The van der Waals surface area contributed by atoms with Crippen LogP contribution in [-0.4, -0.2) is 45.0 Å². The van der Waals surface area contributed by atoms with Gasteiger partial charge in [-0.2, -0.15) is 0 Å². The fourth-order valence-corrected chi connectivity index (χ4v) is 3.02. The molecule has 7 heteroatoms. The quantitative estimate of drug-likeness (QED) is 0.777. The SMILES string of the molecule is O=C(NC1CCN(c2nccc(-c3ccccc3)n2)C1)c1cncnc1. The smallest absolute Gasteiger partial charge is 0.254 e. The molecule has 1 aliphatic rings. The number of benzene rings is 1. The van der Waals surface area contributed by atoms with Gasteiger partial charge < -0.3 is 10.2 Å². The molecule has 1 aliphatic heterocycles. The summed E-state index contributed by atoms with van der Waals surface area (Å²) in [6.45, 7) is 1.48. The van der Waals surface area contributed by atoms with Crippen LogP contribution in [0.4, 0.5) is 5.95 Å². The Morgan fingerprint density at radius 1 is 1.12 bits per heavy atom. The summed E-state index contributed by atoms with van der Waals surface area (Å²) in [5.41, 5.74) is 2.42. The predicted octanol–water partition coefficient (Wildman–Crippen LogP) is 1.94. The molecule has 1 atom stereocenters. The van der Waals surface area contributed by atoms with Crippen molar-refractivity contribution < 1.29 is 4.79 Å². The number of hydrogen-bond acceptors (Lipinski definition) is 6. The largest absolute Gasteiger partial charge is 0.347 e. The Labute approximate surface area is 151 Å². The average molecular weight is 346 g/mol. The Morgan fingerprint density at radius 3 is 2.73 bits per heavy atom. The highest BCUT2D eigenvalue weighted by Gasteiger charge is 2.26. The lowest BCUT2D eigenvalue weighted by molar-refractivity contribution is 0.0939. The van der Waals surface area contributed by atoms with E-state index in [4.69, 9.17) is 0 Å². The van der Waals surface area contributed by atoms with Crippen LogP contribution in [0.25, 0.3) is 11.3 Å². The van der Waals surface area contributed by atoms with Gasteiger partial charge in [-0.05, 0) is 12.5 Å². The Morgan fingerprint density at radius 2 is 1.92 bits per heavy atom. The van der Waals surface area contributed by atoms with Crippen molar-refractivity contribution in [1.82, 2.24) is 25.3 Å². The first-order valence-corrected chi connectivity index (χ1v) is 8.49. The van der Waals surface area contributed by atoms with Crippen molar-refractivity contribution in [3.63, 3.8) is 0 Å². The van der Waals surface area contributed by atoms with Crippen molar-refractivity contribution in [2.45, 2.75) is 12.5 Å². The Balaban J connectivity index is 1.43. The first kappa shape index (κ1) is 16.1. The Bertz CT molecular complexity index is 887. The van der Waals surface area contributed by atoms with Crippen molar-refractivity contribution in [2.24, 2.45) is 0 Å². The molecule has 0 radical (unpaired) electrons. The molecular weight excluding hydrogens is 328 g/mol. The van der Waals surface area contributed by atoms with Gasteiger partial charge >= 0.3 is 0 Å². The Kier molecular flexibility index (Phi) is 4.51. The number of carbonyl (C=O) groups is 1. The summed E-state index contributed by atoms with van der Waals surface area (Å²) in [6, 6.07) is 12.0. The van der Waals surface area contributed by atoms with Crippen LogP contribution in [0.3, 0.4) is 0 Å². The van der Waals surface area contributed by atoms with Gasteiger partial charge in [0.15, 0.2) is 0 Å². The molecule has 7 nitrogen and oxygen atoms in total. The number of carbonyl (C=O) groups excluding carboxylic acids is 1. The summed E-state index contributed by atoms with van der Waals surface area (Å²) in [7, 11) is 0.